The SMILES string of the molecule is O=[N+]([O-])c1ccc2c(c1)nc1n2CCNS1(=O)=O. The Morgan fingerprint density at radius 3 is 2.94 bits per heavy atom. The molecule has 0 spiro atoms. The van der Waals surface area contributed by atoms with Crippen LogP contribution in [0.3, 0.4) is 0 Å². The number of fused-ring (bicyclic) bond motifs is 3. The fraction of sp³-hybridized carbons (Fsp3) is 0.222. The molecule has 2 aromatic rings. The number of imidazole rings is 1. The molecule has 0 saturated heterocycles. The molecule has 0 radical (unpaired) electrons. The summed E-state index contributed by atoms with van der Waals surface area (Å²) in [5, 5.41) is 10.6. The van der Waals surface area contributed by atoms with Gasteiger partial charge in [0.2, 0.25) is 5.16 Å². The number of hydrogen-bond acceptors (Lipinski definition) is 5. The number of nitrogens with one attached hydrogen (secondary N) is 1. The van der Waals surface area contributed by atoms with Crippen LogP contribution in [-0.2, 0) is 16.6 Å². The van der Waals surface area contributed by atoms with E-state index in [-0.39, 0.29) is 17.4 Å². The minimum atomic E-state index is -3.61. The Morgan fingerprint density at radius 1 is 1.44 bits per heavy atom. The second-order valence-corrected chi connectivity index (χ2v) is 5.53. The number of nitrogens with zero attached hydrogens (tertiary/aromatic N) is 3. The number of sulfonamides is 1. The molecule has 18 heavy (non-hydrogen) atoms. The highest BCUT2D eigenvalue weighted by Gasteiger charge is 2.27. The molecular formula is C9H8N4O4S. The van der Waals surface area contributed by atoms with E-state index in [1.807, 2.05) is 0 Å². The lowest BCUT2D eigenvalue weighted by Gasteiger charge is -2.15. The number of non-ortho nitro benzene ring substituents is 1. The molecule has 0 amide bonds. The summed E-state index contributed by atoms with van der Waals surface area (Å²) >= 11 is 0. The van der Waals surface area contributed by atoms with E-state index in [1.165, 1.54) is 18.2 Å². The highest BCUT2D eigenvalue weighted by atomic mass is 32.2. The molecule has 1 aliphatic heterocycles. The quantitative estimate of drug-likeness (QED) is 0.588. The van der Waals surface area contributed by atoms with E-state index in [4.69, 9.17) is 0 Å². The van der Waals surface area contributed by atoms with Gasteiger partial charge in [-0.15, -0.1) is 0 Å². The van der Waals surface area contributed by atoms with Gasteiger partial charge in [-0.25, -0.2) is 18.1 Å². The van der Waals surface area contributed by atoms with Crippen LogP contribution in [0.2, 0.25) is 0 Å². The van der Waals surface area contributed by atoms with E-state index in [0.29, 0.717) is 17.6 Å². The molecule has 94 valence electrons. The standard InChI is InChI=1S/C9H8N4O4S/c14-13(15)6-1-2-8-7(5-6)11-9-12(8)4-3-10-18(9,16)17/h1-2,5,10H,3-4H2. The van der Waals surface area contributed by atoms with Crippen LogP contribution < -0.4 is 4.72 Å². The molecular weight excluding hydrogens is 260 g/mol. The first-order valence-electron chi connectivity index (χ1n) is 5.13. The third-order valence-corrected chi connectivity index (χ3v) is 4.15. The summed E-state index contributed by atoms with van der Waals surface area (Å²) in [6.07, 6.45) is 0. The van der Waals surface area contributed by atoms with Crippen molar-refractivity contribution in [1.29, 1.82) is 0 Å². The maximum Gasteiger partial charge on any atom is 0.274 e. The van der Waals surface area contributed by atoms with Crippen molar-refractivity contribution in [3.8, 4) is 0 Å². The number of nitro benzene ring substituents is 1. The van der Waals surface area contributed by atoms with Gasteiger partial charge in [-0.3, -0.25) is 10.1 Å². The molecule has 1 N–H and O–H groups in total. The summed E-state index contributed by atoms with van der Waals surface area (Å²) in [4.78, 5) is 14.1. The largest absolute Gasteiger partial charge is 0.312 e. The molecule has 0 fully saturated rings. The van der Waals surface area contributed by atoms with Gasteiger partial charge in [0.1, 0.15) is 0 Å². The van der Waals surface area contributed by atoms with Gasteiger partial charge in [-0.2, -0.15) is 0 Å². The van der Waals surface area contributed by atoms with Gasteiger partial charge in [0.05, 0.1) is 16.0 Å². The number of rotatable bonds is 1. The van der Waals surface area contributed by atoms with E-state index < -0.39 is 14.9 Å². The van der Waals surface area contributed by atoms with Crippen LogP contribution >= 0.6 is 0 Å². The predicted molar refractivity (Wildman–Crippen MR) is 61.6 cm³/mol. The van der Waals surface area contributed by atoms with Gasteiger partial charge < -0.3 is 4.57 Å². The minimum Gasteiger partial charge on any atom is -0.312 e. The highest BCUT2D eigenvalue weighted by Crippen LogP contribution is 2.25. The van der Waals surface area contributed by atoms with Crippen molar-refractivity contribution in [1.82, 2.24) is 14.3 Å². The van der Waals surface area contributed by atoms with Crippen molar-refractivity contribution in [2.24, 2.45) is 0 Å². The van der Waals surface area contributed by atoms with Crippen LogP contribution in [0.1, 0.15) is 0 Å². The average Bonchev–Trinajstić information content (AvgIpc) is 2.68. The molecule has 8 nitrogen and oxygen atoms in total. The first-order chi connectivity index (χ1) is 8.49. The van der Waals surface area contributed by atoms with Gasteiger partial charge >= 0.3 is 0 Å². The Labute approximate surface area is 101 Å². The first-order valence-corrected chi connectivity index (χ1v) is 6.62. The fourth-order valence-electron chi connectivity index (χ4n) is 1.99. The van der Waals surface area contributed by atoms with Crippen molar-refractivity contribution in [2.45, 2.75) is 11.7 Å². The summed E-state index contributed by atoms with van der Waals surface area (Å²) < 4.78 is 27.4. The number of aromatic nitrogens is 2. The van der Waals surface area contributed by atoms with Crippen molar-refractivity contribution in [2.75, 3.05) is 6.54 Å². The van der Waals surface area contributed by atoms with Crippen molar-refractivity contribution in [3.05, 3.63) is 28.3 Å². The van der Waals surface area contributed by atoms with Crippen molar-refractivity contribution >= 4 is 26.7 Å². The third kappa shape index (κ3) is 1.48. The topological polar surface area (TPSA) is 107 Å². The van der Waals surface area contributed by atoms with Crippen LogP contribution in [0.4, 0.5) is 5.69 Å². The summed E-state index contributed by atoms with van der Waals surface area (Å²) in [6.45, 7) is 0.751. The van der Waals surface area contributed by atoms with Crippen LogP contribution in [0, 0.1) is 10.1 Å². The van der Waals surface area contributed by atoms with Crippen LogP contribution in [-0.4, -0.2) is 29.4 Å². The van der Waals surface area contributed by atoms with Crippen molar-refractivity contribution in [3.63, 3.8) is 0 Å². The Morgan fingerprint density at radius 2 is 2.22 bits per heavy atom. The lowest BCUT2D eigenvalue weighted by molar-refractivity contribution is -0.384. The van der Waals surface area contributed by atoms with Gasteiger partial charge in [-0.1, -0.05) is 0 Å². The van der Waals surface area contributed by atoms with E-state index >= 15 is 0 Å². The Hall–Kier alpha value is -2.00. The van der Waals surface area contributed by atoms with E-state index in [0.717, 1.165) is 0 Å². The summed E-state index contributed by atoms with van der Waals surface area (Å²) in [6, 6.07) is 4.13. The molecule has 1 aromatic carbocycles. The molecule has 0 aliphatic carbocycles. The summed E-state index contributed by atoms with van der Waals surface area (Å²) in [5.41, 5.74) is 0.787. The maximum absolute atomic E-state index is 11.7. The Balaban J connectivity index is 2.33. The molecule has 0 atom stereocenters. The first kappa shape index (κ1) is 11.1. The zero-order valence-corrected chi connectivity index (χ0v) is 9.85. The average molecular weight is 268 g/mol. The minimum absolute atomic E-state index is 0.0933. The molecule has 0 unspecified atom stereocenters. The Kier molecular flexibility index (Phi) is 2.16. The predicted octanol–water partition coefficient (Wildman–Crippen LogP) is 0.236. The highest BCUT2D eigenvalue weighted by molar-refractivity contribution is 7.89. The molecule has 3 rings (SSSR count). The van der Waals surface area contributed by atoms with Gasteiger partial charge in [-0.05, 0) is 6.07 Å². The monoisotopic (exact) mass is 268 g/mol. The van der Waals surface area contributed by atoms with Gasteiger partial charge in [0, 0.05) is 25.2 Å². The number of nitro groups is 1. The second-order valence-electron chi connectivity index (χ2n) is 3.87. The van der Waals surface area contributed by atoms with Gasteiger partial charge in [0.15, 0.2) is 0 Å². The lowest BCUT2D eigenvalue weighted by Crippen LogP contribution is -2.35. The van der Waals surface area contributed by atoms with E-state index in [1.54, 1.807) is 4.57 Å². The summed E-state index contributed by atoms with van der Waals surface area (Å²) in [5.74, 6) is 0. The fourth-order valence-corrected chi connectivity index (χ4v) is 3.17. The van der Waals surface area contributed by atoms with Crippen molar-refractivity contribution < 1.29 is 13.3 Å². The maximum atomic E-state index is 11.7. The Bertz CT molecular complexity index is 764. The lowest BCUT2D eigenvalue weighted by atomic mass is 10.3. The van der Waals surface area contributed by atoms with E-state index in [9.17, 15) is 18.5 Å². The molecule has 9 heteroatoms. The third-order valence-electron chi connectivity index (χ3n) is 2.78. The zero-order chi connectivity index (χ0) is 12.9. The molecule has 2 heterocycles. The second kappa shape index (κ2) is 3.50. The van der Waals surface area contributed by atoms with Crippen LogP contribution in [0.5, 0.6) is 0 Å². The molecule has 0 saturated carbocycles. The molecule has 1 aliphatic rings. The normalized spacial score (nSPS) is 17.6. The molecule has 1 aromatic heterocycles. The van der Waals surface area contributed by atoms with Crippen LogP contribution in [0.15, 0.2) is 23.4 Å². The van der Waals surface area contributed by atoms with Crippen LogP contribution in [0.25, 0.3) is 11.0 Å². The molecule has 0 bridgehead atoms. The summed E-state index contributed by atoms with van der Waals surface area (Å²) in [7, 11) is -3.61. The number of hydrogen-bond donors (Lipinski definition) is 1. The smallest absolute Gasteiger partial charge is 0.274 e. The zero-order valence-electron chi connectivity index (χ0n) is 9.03. The van der Waals surface area contributed by atoms with E-state index in [2.05, 4.69) is 9.71 Å². The number of benzene rings is 1. The van der Waals surface area contributed by atoms with Gasteiger partial charge in [0.25, 0.3) is 15.7 Å².